The number of carbonyl (C=O) groups is 1. The molecule has 0 radical (unpaired) electrons. The maximum Gasteiger partial charge on any atom is 0.231 e. The number of hydrogen-bond donors (Lipinski definition) is 1. The van der Waals surface area contributed by atoms with E-state index in [0.29, 0.717) is 17.2 Å². The Morgan fingerprint density at radius 1 is 0.844 bits per heavy atom. The fraction of sp³-hybridized carbons (Fsp3) is 0.423. The fourth-order valence-corrected chi connectivity index (χ4v) is 3.76. The summed E-state index contributed by atoms with van der Waals surface area (Å²) < 4.78 is 23.9. The Kier molecular flexibility index (Phi) is 5.35. The lowest BCUT2D eigenvalue weighted by molar-refractivity contribution is -0.114. The molecule has 2 aromatic heterocycles. The minimum Gasteiger partial charge on any atom is -0.464 e. The Labute approximate surface area is 188 Å². The molecule has 1 aliphatic rings. The van der Waals surface area contributed by atoms with Crippen LogP contribution in [0.3, 0.4) is 0 Å². The van der Waals surface area contributed by atoms with Crippen LogP contribution in [0.2, 0.25) is 0 Å². The van der Waals surface area contributed by atoms with Gasteiger partial charge in [-0.15, -0.1) is 0 Å². The molecule has 6 heteroatoms. The van der Waals surface area contributed by atoms with E-state index in [9.17, 15) is 4.79 Å². The number of anilines is 1. The van der Waals surface area contributed by atoms with Crippen molar-refractivity contribution in [3.8, 4) is 11.5 Å². The van der Waals surface area contributed by atoms with Crippen LogP contribution in [0.5, 0.6) is 11.5 Å². The first-order valence-electron chi connectivity index (χ1n) is 10.8. The third-order valence-corrected chi connectivity index (χ3v) is 5.47. The lowest BCUT2D eigenvalue weighted by Gasteiger charge is -2.20. The highest BCUT2D eigenvalue weighted by Crippen LogP contribution is 2.45. The summed E-state index contributed by atoms with van der Waals surface area (Å²) in [6.07, 6.45) is 0. The molecular weight excluding hydrogens is 406 g/mol. The van der Waals surface area contributed by atoms with Crippen molar-refractivity contribution < 1.29 is 23.1 Å². The van der Waals surface area contributed by atoms with Gasteiger partial charge in [-0.3, -0.25) is 4.79 Å². The zero-order chi connectivity index (χ0) is 23.3. The minimum absolute atomic E-state index is 0.141. The summed E-state index contributed by atoms with van der Waals surface area (Å²) in [7, 11) is 0. The normalized spacial score (nSPS) is 13.6. The maximum atomic E-state index is 12.0. The number of nitrogens with one attached hydrogen (secondary N) is 1. The average molecular weight is 438 g/mol. The van der Waals surface area contributed by atoms with E-state index in [-0.39, 0.29) is 29.4 Å². The molecule has 0 aliphatic carbocycles. The fourth-order valence-electron chi connectivity index (χ4n) is 3.76. The second kappa shape index (κ2) is 7.76. The summed E-state index contributed by atoms with van der Waals surface area (Å²) in [5, 5.41) is 2.94. The van der Waals surface area contributed by atoms with E-state index in [1.54, 1.807) is 6.07 Å². The van der Waals surface area contributed by atoms with Crippen molar-refractivity contribution in [1.82, 2.24) is 0 Å². The number of carbonyl (C=O) groups excluding carboxylic acids is 1. The topological polar surface area (TPSA) is 73.8 Å². The summed E-state index contributed by atoms with van der Waals surface area (Å²) >= 11 is 0. The Bertz CT molecular complexity index is 1090. The van der Waals surface area contributed by atoms with Gasteiger partial charge in [-0.2, -0.15) is 0 Å². The van der Waals surface area contributed by atoms with Gasteiger partial charge >= 0.3 is 0 Å². The molecule has 170 valence electrons. The maximum absolute atomic E-state index is 12.0. The van der Waals surface area contributed by atoms with E-state index in [4.69, 9.17) is 18.3 Å². The molecule has 0 saturated carbocycles. The molecule has 0 atom stereocenters. The number of amides is 1. The standard InChI is InChI=1S/C26H31NO5/c1-15(28)27-17-13-21-20(29-14-30-21)12-16(17)24(18-8-10-22(31-18)25(2,3)4)19-9-11-23(32-19)26(5,6)7/h8-13,24H,14H2,1-7H3,(H,27,28). The second-order valence-corrected chi connectivity index (χ2v) is 10.3. The zero-order valence-corrected chi connectivity index (χ0v) is 19.8. The highest BCUT2D eigenvalue weighted by molar-refractivity contribution is 5.90. The van der Waals surface area contributed by atoms with Crippen molar-refractivity contribution in [3.63, 3.8) is 0 Å². The van der Waals surface area contributed by atoms with Crippen molar-refractivity contribution in [2.45, 2.75) is 65.2 Å². The molecular formula is C26H31NO5. The highest BCUT2D eigenvalue weighted by Gasteiger charge is 2.32. The molecule has 3 heterocycles. The predicted molar refractivity (Wildman–Crippen MR) is 123 cm³/mol. The van der Waals surface area contributed by atoms with Crippen molar-refractivity contribution >= 4 is 11.6 Å². The van der Waals surface area contributed by atoms with Gasteiger partial charge in [0, 0.05) is 29.5 Å². The van der Waals surface area contributed by atoms with Crippen molar-refractivity contribution in [2.75, 3.05) is 12.1 Å². The number of furan rings is 2. The third kappa shape index (κ3) is 4.27. The SMILES string of the molecule is CC(=O)Nc1cc2c(cc1C(c1ccc(C(C)(C)C)o1)c1ccc(C(C)(C)C)o1)OCO2. The summed E-state index contributed by atoms with van der Waals surface area (Å²) in [6, 6.07) is 11.7. The van der Waals surface area contributed by atoms with E-state index < -0.39 is 0 Å². The van der Waals surface area contributed by atoms with E-state index >= 15 is 0 Å². The van der Waals surface area contributed by atoms with Crippen LogP contribution >= 0.6 is 0 Å². The van der Waals surface area contributed by atoms with Crippen molar-refractivity contribution in [3.05, 3.63) is 65.0 Å². The van der Waals surface area contributed by atoms with E-state index in [2.05, 4.69) is 46.9 Å². The molecule has 0 spiro atoms. The Morgan fingerprint density at radius 2 is 1.34 bits per heavy atom. The van der Waals surface area contributed by atoms with Gasteiger partial charge in [0.1, 0.15) is 29.0 Å². The van der Waals surface area contributed by atoms with E-state index in [1.807, 2.05) is 30.3 Å². The smallest absolute Gasteiger partial charge is 0.231 e. The second-order valence-electron chi connectivity index (χ2n) is 10.3. The lowest BCUT2D eigenvalue weighted by Crippen LogP contribution is -2.12. The van der Waals surface area contributed by atoms with Crippen LogP contribution in [-0.4, -0.2) is 12.7 Å². The zero-order valence-electron chi connectivity index (χ0n) is 19.8. The van der Waals surface area contributed by atoms with Crippen LogP contribution in [0.25, 0.3) is 0 Å². The van der Waals surface area contributed by atoms with Gasteiger partial charge in [-0.25, -0.2) is 0 Å². The first-order valence-corrected chi connectivity index (χ1v) is 10.8. The quantitative estimate of drug-likeness (QED) is 0.516. The first kappa shape index (κ1) is 22.1. The summed E-state index contributed by atoms with van der Waals surface area (Å²) in [5.74, 6) is 3.89. The molecule has 32 heavy (non-hydrogen) atoms. The number of fused-ring (bicyclic) bond motifs is 1. The number of rotatable bonds is 4. The Balaban J connectivity index is 1.91. The molecule has 4 rings (SSSR count). The van der Waals surface area contributed by atoms with Crippen molar-refractivity contribution in [2.24, 2.45) is 0 Å². The number of ether oxygens (including phenoxy) is 2. The van der Waals surface area contributed by atoms with Crippen LogP contribution in [0.15, 0.2) is 45.2 Å². The first-order chi connectivity index (χ1) is 14.9. The highest BCUT2D eigenvalue weighted by atomic mass is 16.7. The molecule has 6 nitrogen and oxygen atoms in total. The molecule has 0 fully saturated rings. The number of hydrogen-bond acceptors (Lipinski definition) is 5. The van der Waals surface area contributed by atoms with Gasteiger partial charge in [0.25, 0.3) is 0 Å². The Morgan fingerprint density at radius 3 is 1.78 bits per heavy atom. The van der Waals surface area contributed by atoms with E-state index in [0.717, 1.165) is 28.6 Å². The molecule has 1 aromatic carbocycles. The molecule has 0 unspecified atom stereocenters. The van der Waals surface area contributed by atoms with Crippen LogP contribution in [0.4, 0.5) is 5.69 Å². The van der Waals surface area contributed by atoms with Crippen molar-refractivity contribution in [1.29, 1.82) is 0 Å². The van der Waals surface area contributed by atoms with E-state index in [1.165, 1.54) is 6.92 Å². The monoisotopic (exact) mass is 437 g/mol. The van der Waals surface area contributed by atoms with Gasteiger partial charge in [-0.05, 0) is 35.9 Å². The summed E-state index contributed by atoms with van der Waals surface area (Å²) in [6.45, 7) is 14.3. The van der Waals surface area contributed by atoms with Gasteiger partial charge < -0.3 is 23.6 Å². The van der Waals surface area contributed by atoms with Gasteiger partial charge in [-0.1, -0.05) is 41.5 Å². The van der Waals surface area contributed by atoms with Crippen LogP contribution in [0.1, 0.15) is 83.0 Å². The predicted octanol–water partition coefficient (Wildman–Crippen LogP) is 6.33. The Hall–Kier alpha value is -3.15. The van der Waals surface area contributed by atoms with Crippen LogP contribution in [-0.2, 0) is 15.6 Å². The van der Waals surface area contributed by atoms with Crippen LogP contribution in [0, 0.1) is 0 Å². The number of benzene rings is 1. The average Bonchev–Trinajstić information content (AvgIpc) is 3.41. The van der Waals surface area contributed by atoms with Gasteiger partial charge in [0.2, 0.25) is 12.7 Å². The third-order valence-electron chi connectivity index (χ3n) is 5.47. The summed E-state index contributed by atoms with van der Waals surface area (Å²) in [4.78, 5) is 12.0. The molecule has 1 aliphatic heterocycles. The minimum atomic E-state index is -0.376. The molecule has 1 amide bonds. The molecule has 0 saturated heterocycles. The summed E-state index contributed by atoms with van der Waals surface area (Å²) in [5.41, 5.74) is 1.17. The molecule has 1 N–H and O–H groups in total. The van der Waals surface area contributed by atoms with Gasteiger partial charge in [0.05, 0.1) is 0 Å². The lowest BCUT2D eigenvalue weighted by atomic mass is 9.91. The van der Waals surface area contributed by atoms with Crippen LogP contribution < -0.4 is 14.8 Å². The van der Waals surface area contributed by atoms with Gasteiger partial charge in [0.15, 0.2) is 11.5 Å². The largest absolute Gasteiger partial charge is 0.464 e. The molecule has 0 bridgehead atoms. The molecule has 3 aromatic rings.